The minimum absolute atomic E-state index is 0.489. The quantitative estimate of drug-likeness (QED) is 0.659. The number of nitrogens with two attached hydrogens (primary N) is 1. The van der Waals surface area contributed by atoms with Crippen LogP contribution in [0, 0.1) is 0 Å². The zero-order valence-corrected chi connectivity index (χ0v) is 7.90. The lowest BCUT2D eigenvalue weighted by molar-refractivity contribution is 0.495. The molecule has 0 fully saturated rings. The lowest BCUT2D eigenvalue weighted by Gasteiger charge is -2.23. The molecule has 0 bridgehead atoms. The highest BCUT2D eigenvalue weighted by Gasteiger charge is 2.07. The van der Waals surface area contributed by atoms with Crippen LogP contribution in [0.3, 0.4) is 0 Å². The highest BCUT2D eigenvalue weighted by atomic mass is 15.1. The van der Waals surface area contributed by atoms with E-state index in [1.807, 2.05) is 25.3 Å². The standard InChI is InChI=1S/C10H15N3/c1-9(12-2)10(8-11)13-6-4-3-5-7-13/h3-6H,2,7-8,11H2,1H3/b10-9-. The number of rotatable bonds is 3. The van der Waals surface area contributed by atoms with Gasteiger partial charge in [-0.3, -0.25) is 4.99 Å². The Morgan fingerprint density at radius 3 is 2.85 bits per heavy atom. The average Bonchev–Trinajstić information content (AvgIpc) is 2.20. The first kappa shape index (κ1) is 9.74. The van der Waals surface area contributed by atoms with Crippen molar-refractivity contribution in [1.29, 1.82) is 0 Å². The first-order valence-electron chi connectivity index (χ1n) is 4.26. The van der Waals surface area contributed by atoms with Gasteiger partial charge in [-0.25, -0.2) is 0 Å². The van der Waals surface area contributed by atoms with Gasteiger partial charge in [-0.05, 0) is 19.7 Å². The molecule has 70 valence electrons. The molecular formula is C10H15N3. The largest absolute Gasteiger partial charge is 0.345 e. The summed E-state index contributed by atoms with van der Waals surface area (Å²) in [5.41, 5.74) is 7.55. The van der Waals surface area contributed by atoms with Crippen LogP contribution in [0.4, 0.5) is 0 Å². The van der Waals surface area contributed by atoms with Crippen molar-refractivity contribution in [1.82, 2.24) is 4.90 Å². The van der Waals surface area contributed by atoms with Crippen LogP contribution in [-0.2, 0) is 0 Å². The molecule has 0 aromatic heterocycles. The molecule has 1 aliphatic heterocycles. The van der Waals surface area contributed by atoms with Crippen molar-refractivity contribution in [2.75, 3.05) is 13.1 Å². The van der Waals surface area contributed by atoms with E-state index >= 15 is 0 Å². The Morgan fingerprint density at radius 2 is 2.38 bits per heavy atom. The van der Waals surface area contributed by atoms with E-state index in [9.17, 15) is 0 Å². The molecule has 0 spiro atoms. The lowest BCUT2D eigenvalue weighted by atomic mass is 10.2. The summed E-state index contributed by atoms with van der Waals surface area (Å²) in [6.45, 7) is 6.76. The molecule has 0 unspecified atom stereocenters. The number of hydrogen-bond donors (Lipinski definition) is 1. The number of hydrogen-bond acceptors (Lipinski definition) is 3. The molecule has 0 aromatic rings. The summed E-state index contributed by atoms with van der Waals surface area (Å²) < 4.78 is 0. The third kappa shape index (κ3) is 2.29. The molecule has 1 aliphatic rings. The van der Waals surface area contributed by atoms with Crippen molar-refractivity contribution in [2.24, 2.45) is 10.7 Å². The molecule has 13 heavy (non-hydrogen) atoms. The van der Waals surface area contributed by atoms with Crippen LogP contribution >= 0.6 is 0 Å². The van der Waals surface area contributed by atoms with E-state index < -0.39 is 0 Å². The van der Waals surface area contributed by atoms with E-state index in [0.29, 0.717) is 6.54 Å². The normalized spacial score (nSPS) is 17.2. The predicted octanol–water partition coefficient (Wildman–Crippen LogP) is 1.26. The van der Waals surface area contributed by atoms with Gasteiger partial charge in [-0.1, -0.05) is 12.2 Å². The average molecular weight is 177 g/mol. The summed E-state index contributed by atoms with van der Waals surface area (Å²) in [5.74, 6) is 0. The van der Waals surface area contributed by atoms with E-state index in [1.54, 1.807) is 0 Å². The molecule has 1 heterocycles. The Labute approximate surface area is 78.9 Å². The highest BCUT2D eigenvalue weighted by Crippen LogP contribution is 2.12. The fraction of sp³-hybridized carbons (Fsp3) is 0.300. The van der Waals surface area contributed by atoms with Crippen molar-refractivity contribution in [3.05, 3.63) is 35.8 Å². The van der Waals surface area contributed by atoms with Gasteiger partial charge in [-0.2, -0.15) is 0 Å². The maximum atomic E-state index is 5.63. The van der Waals surface area contributed by atoms with Crippen molar-refractivity contribution >= 4 is 6.72 Å². The van der Waals surface area contributed by atoms with E-state index in [2.05, 4.69) is 22.7 Å². The molecule has 0 aromatic carbocycles. The second kappa shape index (κ2) is 4.62. The van der Waals surface area contributed by atoms with Crippen molar-refractivity contribution < 1.29 is 0 Å². The van der Waals surface area contributed by atoms with E-state index in [4.69, 9.17) is 5.73 Å². The number of aliphatic imine (C=N–C) groups is 1. The van der Waals surface area contributed by atoms with Crippen LogP contribution in [0.1, 0.15) is 6.92 Å². The maximum Gasteiger partial charge on any atom is 0.0573 e. The zero-order chi connectivity index (χ0) is 9.68. The second-order valence-corrected chi connectivity index (χ2v) is 2.82. The predicted molar refractivity (Wildman–Crippen MR) is 56.3 cm³/mol. The van der Waals surface area contributed by atoms with Gasteiger partial charge in [0.15, 0.2) is 0 Å². The minimum Gasteiger partial charge on any atom is -0.345 e. The van der Waals surface area contributed by atoms with Gasteiger partial charge >= 0.3 is 0 Å². The van der Waals surface area contributed by atoms with Gasteiger partial charge in [0.25, 0.3) is 0 Å². The molecule has 3 nitrogen and oxygen atoms in total. The first-order valence-corrected chi connectivity index (χ1v) is 4.26. The number of allylic oxidation sites excluding steroid dienone is 3. The molecule has 0 radical (unpaired) electrons. The van der Waals surface area contributed by atoms with Gasteiger partial charge in [-0.15, -0.1) is 0 Å². The van der Waals surface area contributed by atoms with Crippen LogP contribution in [0.2, 0.25) is 0 Å². The summed E-state index contributed by atoms with van der Waals surface area (Å²) in [6.07, 6.45) is 8.07. The van der Waals surface area contributed by atoms with Crippen molar-refractivity contribution in [3.63, 3.8) is 0 Å². The zero-order valence-electron chi connectivity index (χ0n) is 7.90. The fourth-order valence-corrected chi connectivity index (χ4v) is 1.23. The van der Waals surface area contributed by atoms with Gasteiger partial charge < -0.3 is 10.6 Å². The Hall–Kier alpha value is -1.35. The van der Waals surface area contributed by atoms with E-state index in [1.165, 1.54) is 0 Å². The summed E-state index contributed by atoms with van der Waals surface area (Å²) in [7, 11) is 0. The van der Waals surface area contributed by atoms with E-state index in [0.717, 1.165) is 17.9 Å². The van der Waals surface area contributed by atoms with Gasteiger partial charge in [0, 0.05) is 19.3 Å². The van der Waals surface area contributed by atoms with Gasteiger partial charge in [0.05, 0.1) is 11.4 Å². The summed E-state index contributed by atoms with van der Waals surface area (Å²) in [6, 6.07) is 0. The lowest BCUT2D eigenvalue weighted by Crippen LogP contribution is -2.24. The first-order chi connectivity index (χ1) is 6.29. The van der Waals surface area contributed by atoms with Crippen LogP contribution in [0.5, 0.6) is 0 Å². The smallest absolute Gasteiger partial charge is 0.0573 e. The molecule has 0 aliphatic carbocycles. The third-order valence-corrected chi connectivity index (χ3v) is 2.01. The number of nitrogens with zero attached hydrogens (tertiary/aromatic N) is 2. The third-order valence-electron chi connectivity index (χ3n) is 2.01. The molecule has 2 N–H and O–H groups in total. The Kier molecular flexibility index (Phi) is 3.46. The topological polar surface area (TPSA) is 41.6 Å². The Morgan fingerprint density at radius 1 is 1.62 bits per heavy atom. The molecule has 0 saturated heterocycles. The molecular weight excluding hydrogens is 162 g/mol. The van der Waals surface area contributed by atoms with Crippen LogP contribution in [-0.4, -0.2) is 24.7 Å². The Balaban J connectivity index is 2.84. The highest BCUT2D eigenvalue weighted by molar-refractivity contribution is 5.31. The van der Waals surface area contributed by atoms with Crippen LogP contribution in [0.15, 0.2) is 40.8 Å². The van der Waals surface area contributed by atoms with Crippen molar-refractivity contribution in [2.45, 2.75) is 6.92 Å². The fourth-order valence-electron chi connectivity index (χ4n) is 1.23. The van der Waals surface area contributed by atoms with Crippen LogP contribution in [0.25, 0.3) is 0 Å². The van der Waals surface area contributed by atoms with Crippen molar-refractivity contribution in [3.8, 4) is 0 Å². The molecule has 1 rings (SSSR count). The molecule has 0 atom stereocenters. The summed E-state index contributed by atoms with van der Waals surface area (Å²) in [4.78, 5) is 5.96. The molecule has 0 amide bonds. The van der Waals surface area contributed by atoms with E-state index in [-0.39, 0.29) is 0 Å². The second-order valence-electron chi connectivity index (χ2n) is 2.82. The molecule has 0 saturated carbocycles. The summed E-state index contributed by atoms with van der Waals surface area (Å²) in [5, 5.41) is 0. The van der Waals surface area contributed by atoms with Gasteiger partial charge in [0.1, 0.15) is 0 Å². The molecule has 3 heteroatoms. The van der Waals surface area contributed by atoms with Crippen LogP contribution < -0.4 is 5.73 Å². The summed E-state index contributed by atoms with van der Waals surface area (Å²) >= 11 is 0. The minimum atomic E-state index is 0.489. The monoisotopic (exact) mass is 177 g/mol. The van der Waals surface area contributed by atoms with Gasteiger partial charge in [0.2, 0.25) is 0 Å². The Bertz CT molecular complexity index is 274. The maximum absolute atomic E-state index is 5.63. The SMILES string of the molecule is C=N/C(C)=C(/CN)N1C=CC=CC1.